The minimum atomic E-state index is -2.74. The maximum atomic E-state index is 12.4. The number of carbonyl (C=O) groups excluding carboxylic acids is 2. The van der Waals surface area contributed by atoms with Gasteiger partial charge in [0.1, 0.15) is 12.7 Å². The number of halogens is 2. The first-order valence-corrected chi connectivity index (χ1v) is 5.17. The van der Waals surface area contributed by atoms with E-state index in [1.165, 1.54) is 7.11 Å². The Hall–Kier alpha value is -1.64. The average molecular weight is 268 g/mol. The van der Waals surface area contributed by atoms with Crippen molar-refractivity contribution in [2.75, 3.05) is 27.0 Å². The van der Waals surface area contributed by atoms with E-state index in [0.717, 1.165) is 0 Å². The van der Waals surface area contributed by atoms with Crippen molar-refractivity contribution in [3.05, 3.63) is 0 Å². The fourth-order valence-electron chi connectivity index (χ4n) is 1.01. The van der Waals surface area contributed by atoms with E-state index in [-0.39, 0.29) is 26.3 Å². The molecule has 1 saturated carbocycles. The van der Waals surface area contributed by atoms with Crippen LogP contribution < -0.4 is 10.6 Å². The first kappa shape index (κ1) is 14.4. The van der Waals surface area contributed by atoms with Crippen LogP contribution in [0.2, 0.25) is 0 Å². The monoisotopic (exact) mass is 268 g/mol. The highest BCUT2D eigenvalue weighted by Gasteiger charge is 2.58. The molecule has 0 saturated heterocycles. The second-order valence-electron chi connectivity index (χ2n) is 3.48. The Morgan fingerprint density at radius 2 is 1.89 bits per heavy atom. The van der Waals surface area contributed by atoms with Crippen molar-refractivity contribution in [2.45, 2.75) is 18.4 Å². The largest absolute Gasteiger partial charge is 0.453 e. The summed E-state index contributed by atoms with van der Waals surface area (Å²) < 4.78 is 38.3. The van der Waals surface area contributed by atoms with Crippen LogP contribution >= 0.6 is 0 Å². The number of rotatable bonds is 6. The molecule has 0 aliphatic heterocycles. The molecule has 0 heterocycles. The highest BCUT2D eigenvalue weighted by atomic mass is 19.3. The molecule has 0 aromatic rings. The molecule has 9 heteroatoms. The lowest BCUT2D eigenvalue weighted by molar-refractivity contribution is -0.00123. The van der Waals surface area contributed by atoms with E-state index in [1.54, 1.807) is 0 Å². The van der Waals surface area contributed by atoms with Gasteiger partial charge in [0.05, 0.1) is 20.4 Å². The molecule has 18 heavy (non-hydrogen) atoms. The highest BCUT2D eigenvalue weighted by molar-refractivity contribution is 5.69. The van der Waals surface area contributed by atoms with Crippen LogP contribution in [-0.2, 0) is 14.2 Å². The Labute approximate surface area is 102 Å². The lowest BCUT2D eigenvalue weighted by Crippen LogP contribution is -2.37. The fourth-order valence-corrected chi connectivity index (χ4v) is 1.01. The standard InChI is InChI=1S/C9H14F2N2O5/c1-16-7(14)12-5-13-8(15)18-3-2-17-6-4-9(6,10)11/h6H,2-5H2,1H3,(H,12,14)(H,13,15). The normalized spacial score (nSPS) is 19.8. The third-order valence-electron chi connectivity index (χ3n) is 2.05. The Morgan fingerprint density at radius 3 is 2.44 bits per heavy atom. The predicted octanol–water partition coefficient (Wildman–Crippen LogP) is 0.450. The van der Waals surface area contributed by atoms with E-state index in [0.29, 0.717) is 0 Å². The van der Waals surface area contributed by atoms with Gasteiger partial charge in [0, 0.05) is 6.42 Å². The van der Waals surface area contributed by atoms with Gasteiger partial charge in [-0.3, -0.25) is 0 Å². The van der Waals surface area contributed by atoms with Crippen molar-refractivity contribution in [1.82, 2.24) is 10.6 Å². The molecule has 2 amide bonds. The van der Waals surface area contributed by atoms with Gasteiger partial charge in [0.25, 0.3) is 5.92 Å². The zero-order valence-electron chi connectivity index (χ0n) is 9.70. The molecule has 2 N–H and O–H groups in total. The Balaban J connectivity index is 1.92. The van der Waals surface area contributed by atoms with E-state index in [2.05, 4.69) is 20.1 Å². The zero-order valence-corrected chi connectivity index (χ0v) is 9.70. The number of alkyl halides is 2. The van der Waals surface area contributed by atoms with E-state index >= 15 is 0 Å². The summed E-state index contributed by atoms with van der Waals surface area (Å²) in [4.78, 5) is 21.6. The molecular formula is C9H14F2N2O5. The first-order valence-electron chi connectivity index (χ1n) is 5.17. The molecule has 1 rings (SSSR count). The lowest BCUT2D eigenvalue weighted by Gasteiger charge is -2.07. The third-order valence-corrected chi connectivity index (χ3v) is 2.05. The van der Waals surface area contributed by atoms with Crippen molar-refractivity contribution in [3.8, 4) is 0 Å². The molecule has 1 aliphatic carbocycles. The van der Waals surface area contributed by atoms with Crippen LogP contribution in [0, 0.1) is 0 Å². The van der Waals surface area contributed by atoms with Crippen LogP contribution in [0.25, 0.3) is 0 Å². The summed E-state index contributed by atoms with van der Waals surface area (Å²) >= 11 is 0. The number of amides is 2. The van der Waals surface area contributed by atoms with Crippen molar-refractivity contribution in [3.63, 3.8) is 0 Å². The number of hydrogen-bond donors (Lipinski definition) is 2. The molecule has 104 valence electrons. The van der Waals surface area contributed by atoms with Crippen LogP contribution in [0.1, 0.15) is 6.42 Å². The number of ether oxygens (including phenoxy) is 3. The number of alkyl carbamates (subject to hydrolysis) is 2. The summed E-state index contributed by atoms with van der Waals surface area (Å²) in [5.41, 5.74) is 0. The van der Waals surface area contributed by atoms with Gasteiger partial charge in [-0.2, -0.15) is 0 Å². The molecule has 1 atom stereocenters. The summed E-state index contributed by atoms with van der Waals surface area (Å²) in [5, 5.41) is 4.38. The minimum Gasteiger partial charge on any atom is -0.453 e. The summed E-state index contributed by atoms with van der Waals surface area (Å²) in [6, 6.07) is 0. The molecule has 1 unspecified atom stereocenters. The highest BCUT2D eigenvalue weighted by Crippen LogP contribution is 2.44. The second kappa shape index (κ2) is 6.34. The van der Waals surface area contributed by atoms with Crippen molar-refractivity contribution in [1.29, 1.82) is 0 Å². The number of hydrogen-bond acceptors (Lipinski definition) is 5. The fraction of sp³-hybridized carbons (Fsp3) is 0.778. The molecule has 0 aromatic carbocycles. The van der Waals surface area contributed by atoms with Gasteiger partial charge in [-0.05, 0) is 0 Å². The van der Waals surface area contributed by atoms with Gasteiger partial charge in [-0.25, -0.2) is 18.4 Å². The smallest absolute Gasteiger partial charge is 0.408 e. The molecule has 7 nitrogen and oxygen atoms in total. The SMILES string of the molecule is COC(=O)NCNC(=O)OCCOC1CC1(F)F. The second-order valence-corrected chi connectivity index (χ2v) is 3.48. The molecule has 0 radical (unpaired) electrons. The molecular weight excluding hydrogens is 254 g/mol. The summed E-state index contributed by atoms with van der Waals surface area (Å²) in [6.45, 7) is -0.401. The first-order chi connectivity index (χ1) is 8.45. The zero-order chi connectivity index (χ0) is 13.6. The Kier molecular flexibility index (Phi) is 5.08. The Morgan fingerprint density at radius 1 is 1.28 bits per heavy atom. The molecule has 1 fully saturated rings. The number of carbonyl (C=O) groups is 2. The maximum Gasteiger partial charge on any atom is 0.408 e. The molecule has 1 aliphatic rings. The summed E-state index contributed by atoms with van der Waals surface area (Å²) in [5.74, 6) is -2.74. The third kappa shape index (κ3) is 5.13. The van der Waals surface area contributed by atoms with Crippen molar-refractivity contribution >= 4 is 12.2 Å². The number of methoxy groups -OCH3 is 1. The van der Waals surface area contributed by atoms with Crippen molar-refractivity contribution in [2.24, 2.45) is 0 Å². The minimum absolute atomic E-state index is 0.0991. The predicted molar refractivity (Wildman–Crippen MR) is 54.2 cm³/mol. The van der Waals surface area contributed by atoms with E-state index < -0.39 is 24.2 Å². The molecule has 0 aromatic heterocycles. The van der Waals surface area contributed by atoms with Gasteiger partial charge in [-0.1, -0.05) is 0 Å². The lowest BCUT2D eigenvalue weighted by atomic mass is 10.7. The van der Waals surface area contributed by atoms with Crippen LogP contribution in [0.15, 0.2) is 0 Å². The quantitative estimate of drug-likeness (QED) is 0.539. The van der Waals surface area contributed by atoms with Gasteiger partial charge in [0.15, 0.2) is 0 Å². The Bertz CT molecular complexity index is 313. The van der Waals surface area contributed by atoms with Gasteiger partial charge in [-0.15, -0.1) is 0 Å². The molecule has 0 bridgehead atoms. The van der Waals surface area contributed by atoms with E-state index in [4.69, 9.17) is 4.74 Å². The van der Waals surface area contributed by atoms with E-state index in [1.807, 2.05) is 0 Å². The van der Waals surface area contributed by atoms with Gasteiger partial charge in [0.2, 0.25) is 0 Å². The van der Waals surface area contributed by atoms with Crippen LogP contribution in [0.3, 0.4) is 0 Å². The van der Waals surface area contributed by atoms with Crippen LogP contribution in [0.5, 0.6) is 0 Å². The van der Waals surface area contributed by atoms with Crippen LogP contribution in [0.4, 0.5) is 18.4 Å². The van der Waals surface area contributed by atoms with Gasteiger partial charge >= 0.3 is 12.2 Å². The summed E-state index contributed by atoms with van der Waals surface area (Å²) in [7, 11) is 1.18. The number of nitrogens with one attached hydrogen (secondary N) is 2. The maximum absolute atomic E-state index is 12.4. The topological polar surface area (TPSA) is 85.9 Å². The average Bonchev–Trinajstić information content (AvgIpc) is 2.92. The van der Waals surface area contributed by atoms with Gasteiger partial charge < -0.3 is 24.8 Å². The van der Waals surface area contributed by atoms with E-state index in [9.17, 15) is 18.4 Å². The summed E-state index contributed by atoms with van der Waals surface area (Å²) in [6.07, 6.45) is -2.85. The molecule has 0 spiro atoms. The van der Waals surface area contributed by atoms with Crippen molar-refractivity contribution < 1.29 is 32.6 Å². The van der Waals surface area contributed by atoms with Crippen LogP contribution in [-0.4, -0.2) is 51.2 Å².